The molecule has 2 heterocycles. The zero-order valence-electron chi connectivity index (χ0n) is 14.0. The van der Waals surface area contributed by atoms with Crippen LogP contribution in [0.1, 0.15) is 17.7 Å². The summed E-state index contributed by atoms with van der Waals surface area (Å²) in [6, 6.07) is 11.5. The van der Waals surface area contributed by atoms with E-state index in [-0.39, 0.29) is 24.2 Å². The van der Waals surface area contributed by atoms with Crippen molar-refractivity contribution in [1.29, 1.82) is 0 Å². The molecule has 0 radical (unpaired) electrons. The standard InChI is InChI=1S/C19H20BrN3O2/c1-13-10-16(5-6-17(13)20)23-12-14(11-18(23)24)19(25)22-9-7-15-4-2-3-8-21-15/h2-6,8,10,14H,7,9,11-12H2,1H3,(H,22,25)/t14-/m0/s1. The van der Waals surface area contributed by atoms with Crippen LogP contribution in [-0.2, 0) is 16.0 Å². The van der Waals surface area contributed by atoms with E-state index in [0.717, 1.165) is 21.4 Å². The van der Waals surface area contributed by atoms with E-state index in [1.165, 1.54) is 0 Å². The van der Waals surface area contributed by atoms with Crippen LogP contribution < -0.4 is 10.2 Å². The Bertz CT molecular complexity index is 779. The Morgan fingerprint density at radius 2 is 2.20 bits per heavy atom. The van der Waals surface area contributed by atoms with Crippen molar-refractivity contribution >= 4 is 33.4 Å². The summed E-state index contributed by atoms with van der Waals surface area (Å²) >= 11 is 3.46. The molecule has 1 atom stereocenters. The van der Waals surface area contributed by atoms with E-state index in [1.54, 1.807) is 11.1 Å². The number of aromatic nitrogens is 1. The predicted octanol–water partition coefficient (Wildman–Crippen LogP) is 2.86. The minimum atomic E-state index is -0.305. The molecular weight excluding hydrogens is 382 g/mol. The Morgan fingerprint density at radius 3 is 2.92 bits per heavy atom. The maximum Gasteiger partial charge on any atom is 0.227 e. The Balaban J connectivity index is 1.56. The van der Waals surface area contributed by atoms with Gasteiger partial charge in [-0.3, -0.25) is 14.6 Å². The summed E-state index contributed by atoms with van der Waals surface area (Å²) in [5, 5.41) is 2.92. The Morgan fingerprint density at radius 1 is 1.36 bits per heavy atom. The zero-order valence-corrected chi connectivity index (χ0v) is 15.6. The highest BCUT2D eigenvalue weighted by Gasteiger charge is 2.35. The van der Waals surface area contributed by atoms with Crippen molar-refractivity contribution in [3.63, 3.8) is 0 Å². The molecule has 6 heteroatoms. The first-order valence-electron chi connectivity index (χ1n) is 8.29. The maximum absolute atomic E-state index is 12.4. The molecule has 1 aromatic carbocycles. The zero-order chi connectivity index (χ0) is 17.8. The molecule has 130 valence electrons. The molecule has 0 spiro atoms. The number of nitrogens with zero attached hydrogens (tertiary/aromatic N) is 2. The number of nitrogens with one attached hydrogen (secondary N) is 1. The summed E-state index contributed by atoms with van der Waals surface area (Å²) in [5.41, 5.74) is 2.85. The van der Waals surface area contributed by atoms with Crippen molar-refractivity contribution in [2.24, 2.45) is 5.92 Å². The highest BCUT2D eigenvalue weighted by Crippen LogP contribution is 2.28. The molecule has 25 heavy (non-hydrogen) atoms. The Labute approximate surface area is 155 Å². The number of halogens is 1. The van der Waals surface area contributed by atoms with Crippen LogP contribution in [0.5, 0.6) is 0 Å². The molecular formula is C19H20BrN3O2. The van der Waals surface area contributed by atoms with Crippen LogP contribution in [0, 0.1) is 12.8 Å². The fraction of sp³-hybridized carbons (Fsp3) is 0.316. The van der Waals surface area contributed by atoms with E-state index in [2.05, 4.69) is 26.2 Å². The van der Waals surface area contributed by atoms with Crippen LogP contribution in [-0.4, -0.2) is 29.9 Å². The molecule has 5 nitrogen and oxygen atoms in total. The Kier molecular flexibility index (Phi) is 5.48. The van der Waals surface area contributed by atoms with Gasteiger partial charge in [0.1, 0.15) is 0 Å². The molecule has 1 saturated heterocycles. The third kappa shape index (κ3) is 4.25. The first-order chi connectivity index (χ1) is 12.0. The van der Waals surface area contributed by atoms with Gasteiger partial charge < -0.3 is 10.2 Å². The highest BCUT2D eigenvalue weighted by molar-refractivity contribution is 9.10. The van der Waals surface area contributed by atoms with Gasteiger partial charge in [0.15, 0.2) is 0 Å². The third-order valence-electron chi connectivity index (χ3n) is 4.36. The number of hydrogen-bond acceptors (Lipinski definition) is 3. The number of hydrogen-bond donors (Lipinski definition) is 1. The first kappa shape index (κ1) is 17.6. The lowest BCUT2D eigenvalue weighted by Gasteiger charge is -2.17. The van der Waals surface area contributed by atoms with Crippen LogP contribution in [0.25, 0.3) is 0 Å². The molecule has 2 amide bonds. The number of carbonyl (C=O) groups excluding carboxylic acids is 2. The van der Waals surface area contributed by atoms with Crippen molar-refractivity contribution in [3.05, 3.63) is 58.3 Å². The van der Waals surface area contributed by atoms with Crippen molar-refractivity contribution < 1.29 is 9.59 Å². The monoisotopic (exact) mass is 401 g/mol. The summed E-state index contributed by atoms with van der Waals surface area (Å²) < 4.78 is 1.01. The number of pyridine rings is 1. The van der Waals surface area contributed by atoms with E-state index < -0.39 is 0 Å². The number of anilines is 1. The summed E-state index contributed by atoms with van der Waals surface area (Å²) in [5.74, 6) is -0.382. The molecule has 1 fully saturated rings. The second kappa shape index (κ2) is 7.78. The van der Waals surface area contributed by atoms with Gasteiger partial charge in [-0.25, -0.2) is 0 Å². The predicted molar refractivity (Wildman–Crippen MR) is 100 cm³/mol. The van der Waals surface area contributed by atoms with Crippen molar-refractivity contribution in [2.75, 3.05) is 18.0 Å². The van der Waals surface area contributed by atoms with E-state index in [1.807, 2.05) is 43.3 Å². The molecule has 0 bridgehead atoms. The fourth-order valence-corrected chi connectivity index (χ4v) is 3.18. The van der Waals surface area contributed by atoms with Gasteiger partial charge in [-0.2, -0.15) is 0 Å². The number of benzene rings is 1. The largest absolute Gasteiger partial charge is 0.355 e. The SMILES string of the molecule is Cc1cc(N2C[C@@H](C(=O)NCCc3ccccn3)CC2=O)ccc1Br. The minimum absolute atomic E-state index is 0.00778. The Hall–Kier alpha value is -2.21. The fourth-order valence-electron chi connectivity index (χ4n) is 2.93. The van der Waals surface area contributed by atoms with Crippen molar-refractivity contribution in [1.82, 2.24) is 10.3 Å². The molecule has 0 saturated carbocycles. The van der Waals surface area contributed by atoms with E-state index in [9.17, 15) is 9.59 Å². The van der Waals surface area contributed by atoms with Gasteiger partial charge in [-0.05, 0) is 42.8 Å². The van der Waals surface area contributed by atoms with Crippen LogP contribution in [0.15, 0.2) is 47.1 Å². The minimum Gasteiger partial charge on any atom is -0.355 e. The van der Waals surface area contributed by atoms with Crippen LogP contribution in [0.2, 0.25) is 0 Å². The number of aryl methyl sites for hydroxylation is 1. The molecule has 0 unspecified atom stereocenters. The average Bonchev–Trinajstić information content (AvgIpc) is 3.00. The van der Waals surface area contributed by atoms with Gasteiger partial charge in [-0.15, -0.1) is 0 Å². The second-order valence-corrected chi connectivity index (χ2v) is 7.06. The van der Waals surface area contributed by atoms with Crippen LogP contribution in [0.4, 0.5) is 5.69 Å². The van der Waals surface area contributed by atoms with E-state index >= 15 is 0 Å². The van der Waals surface area contributed by atoms with E-state index in [0.29, 0.717) is 19.5 Å². The number of carbonyl (C=O) groups is 2. The van der Waals surface area contributed by atoms with Crippen LogP contribution in [0.3, 0.4) is 0 Å². The van der Waals surface area contributed by atoms with Crippen molar-refractivity contribution in [2.45, 2.75) is 19.8 Å². The molecule has 1 aromatic heterocycles. The summed E-state index contributed by atoms with van der Waals surface area (Å²) in [7, 11) is 0. The molecule has 2 aromatic rings. The third-order valence-corrected chi connectivity index (χ3v) is 5.25. The first-order valence-corrected chi connectivity index (χ1v) is 9.08. The highest BCUT2D eigenvalue weighted by atomic mass is 79.9. The molecule has 3 rings (SSSR count). The average molecular weight is 402 g/mol. The van der Waals surface area contributed by atoms with Gasteiger partial charge in [0.05, 0.1) is 5.92 Å². The smallest absolute Gasteiger partial charge is 0.227 e. The van der Waals surface area contributed by atoms with Gasteiger partial charge >= 0.3 is 0 Å². The number of rotatable bonds is 5. The van der Waals surface area contributed by atoms with Gasteiger partial charge in [0.2, 0.25) is 11.8 Å². The molecule has 1 N–H and O–H groups in total. The van der Waals surface area contributed by atoms with Crippen LogP contribution >= 0.6 is 15.9 Å². The maximum atomic E-state index is 12.4. The summed E-state index contributed by atoms with van der Waals surface area (Å²) in [6.07, 6.45) is 2.68. The summed E-state index contributed by atoms with van der Waals surface area (Å²) in [4.78, 5) is 30.6. The lowest BCUT2D eigenvalue weighted by atomic mass is 10.1. The molecule has 1 aliphatic rings. The van der Waals surface area contributed by atoms with Crippen molar-refractivity contribution in [3.8, 4) is 0 Å². The number of amides is 2. The normalized spacial score (nSPS) is 17.0. The van der Waals surface area contributed by atoms with Gasteiger partial charge in [0, 0.05) is 48.0 Å². The topological polar surface area (TPSA) is 62.3 Å². The van der Waals surface area contributed by atoms with Gasteiger partial charge in [0.25, 0.3) is 0 Å². The molecule has 0 aliphatic carbocycles. The molecule has 1 aliphatic heterocycles. The quantitative estimate of drug-likeness (QED) is 0.837. The van der Waals surface area contributed by atoms with E-state index in [4.69, 9.17) is 0 Å². The lowest BCUT2D eigenvalue weighted by molar-refractivity contribution is -0.126. The summed E-state index contributed by atoms with van der Waals surface area (Å²) in [6.45, 7) is 2.93. The van der Waals surface area contributed by atoms with Gasteiger partial charge in [-0.1, -0.05) is 22.0 Å². The lowest BCUT2D eigenvalue weighted by Crippen LogP contribution is -2.34. The second-order valence-electron chi connectivity index (χ2n) is 6.20.